The van der Waals surface area contributed by atoms with Crippen molar-refractivity contribution in [1.82, 2.24) is 4.98 Å². The zero-order chi connectivity index (χ0) is 23.7. The Morgan fingerprint density at radius 2 is 1.74 bits per heavy atom. The second kappa shape index (κ2) is 9.17. The number of anilines is 2. The highest BCUT2D eigenvalue weighted by Crippen LogP contribution is 2.41. The molecule has 1 amide bonds. The van der Waals surface area contributed by atoms with Gasteiger partial charge >= 0.3 is 0 Å². The Balaban J connectivity index is 1.66. The molecule has 0 spiro atoms. The smallest absolute Gasteiger partial charge is 0.267 e. The number of ether oxygens (including phenoxy) is 1. The van der Waals surface area contributed by atoms with Crippen molar-refractivity contribution in [3.05, 3.63) is 94.8 Å². The third kappa shape index (κ3) is 4.21. The molecule has 0 aliphatic carbocycles. The largest absolute Gasteiger partial charge is 0.497 e. The molecule has 0 aliphatic rings. The summed E-state index contributed by atoms with van der Waals surface area (Å²) < 4.78 is 5.31. The SMILES string of the molecule is COc1ccc(-c2cc(-c3ccccc3)nc3sc(C(=O)Nc4cccc(Cl)c4)c(N)c23)cc1. The zero-order valence-corrected chi connectivity index (χ0v) is 19.8. The average molecular weight is 486 g/mol. The summed E-state index contributed by atoms with van der Waals surface area (Å²) >= 11 is 7.34. The number of rotatable bonds is 5. The first kappa shape index (κ1) is 21.9. The van der Waals surface area contributed by atoms with E-state index in [1.54, 1.807) is 31.4 Å². The second-order valence-electron chi connectivity index (χ2n) is 7.64. The van der Waals surface area contributed by atoms with Crippen molar-refractivity contribution < 1.29 is 9.53 Å². The van der Waals surface area contributed by atoms with Gasteiger partial charge in [0.25, 0.3) is 5.91 Å². The van der Waals surface area contributed by atoms with Crippen LogP contribution >= 0.6 is 22.9 Å². The molecular formula is C27H20ClN3O2S. The molecule has 2 aromatic heterocycles. The van der Waals surface area contributed by atoms with Gasteiger partial charge in [0.15, 0.2) is 0 Å². The average Bonchev–Trinajstić information content (AvgIpc) is 3.20. The fraction of sp³-hybridized carbons (Fsp3) is 0.0370. The van der Waals surface area contributed by atoms with Gasteiger partial charge in [-0.2, -0.15) is 0 Å². The van der Waals surface area contributed by atoms with Crippen molar-refractivity contribution >= 4 is 50.4 Å². The van der Waals surface area contributed by atoms with Crippen LogP contribution in [0.15, 0.2) is 84.9 Å². The van der Waals surface area contributed by atoms with Crippen LogP contribution in [0.25, 0.3) is 32.6 Å². The number of methoxy groups -OCH3 is 1. The van der Waals surface area contributed by atoms with Crippen molar-refractivity contribution in [3.63, 3.8) is 0 Å². The van der Waals surface area contributed by atoms with E-state index in [1.807, 2.05) is 60.7 Å². The summed E-state index contributed by atoms with van der Waals surface area (Å²) in [5.41, 5.74) is 11.2. The maximum absolute atomic E-state index is 13.1. The summed E-state index contributed by atoms with van der Waals surface area (Å²) in [5.74, 6) is 0.460. The Labute approximate surface area is 205 Å². The molecule has 7 heteroatoms. The number of fused-ring (bicyclic) bond motifs is 1. The Hall–Kier alpha value is -3.87. The van der Waals surface area contributed by atoms with Crippen LogP contribution < -0.4 is 15.8 Å². The van der Waals surface area contributed by atoms with Crippen LogP contribution in [0.3, 0.4) is 0 Å². The van der Waals surface area contributed by atoms with Gasteiger partial charge in [0.1, 0.15) is 15.5 Å². The molecule has 0 aliphatic heterocycles. The van der Waals surface area contributed by atoms with Crippen molar-refractivity contribution in [1.29, 1.82) is 0 Å². The monoisotopic (exact) mass is 485 g/mol. The van der Waals surface area contributed by atoms with E-state index in [0.717, 1.165) is 33.5 Å². The molecule has 168 valence electrons. The van der Waals surface area contributed by atoms with E-state index in [1.165, 1.54) is 11.3 Å². The maximum atomic E-state index is 13.1. The molecular weight excluding hydrogens is 466 g/mol. The Morgan fingerprint density at radius 3 is 2.44 bits per heavy atom. The standard InChI is InChI=1S/C27H20ClN3O2S/c1-33-20-12-10-16(11-13-20)21-15-22(17-6-3-2-4-7-17)31-27-23(21)24(29)25(34-27)26(32)30-19-9-5-8-18(28)14-19/h2-15H,29H2,1H3,(H,30,32). The summed E-state index contributed by atoms with van der Waals surface area (Å²) in [6.45, 7) is 0. The number of amides is 1. The van der Waals surface area contributed by atoms with Gasteiger partial charge in [-0.1, -0.05) is 60.1 Å². The number of nitrogens with one attached hydrogen (secondary N) is 1. The van der Waals surface area contributed by atoms with Crippen LogP contribution in [0, 0.1) is 0 Å². The van der Waals surface area contributed by atoms with Gasteiger partial charge in [0, 0.05) is 21.7 Å². The number of aromatic nitrogens is 1. The fourth-order valence-corrected chi connectivity index (χ4v) is 5.00. The van der Waals surface area contributed by atoms with Crippen LogP contribution in [0.4, 0.5) is 11.4 Å². The molecule has 0 fully saturated rings. The number of carbonyl (C=O) groups excluding carboxylic acids is 1. The minimum absolute atomic E-state index is 0.301. The lowest BCUT2D eigenvalue weighted by atomic mass is 9.99. The Morgan fingerprint density at radius 1 is 0.971 bits per heavy atom. The number of hydrogen-bond donors (Lipinski definition) is 2. The first-order valence-corrected chi connectivity index (χ1v) is 11.7. The van der Waals surface area contributed by atoms with Gasteiger partial charge in [-0.05, 0) is 47.5 Å². The van der Waals surface area contributed by atoms with Gasteiger partial charge in [0.05, 0.1) is 18.5 Å². The van der Waals surface area contributed by atoms with Gasteiger partial charge in [0.2, 0.25) is 0 Å². The second-order valence-corrected chi connectivity index (χ2v) is 9.07. The quantitative estimate of drug-likeness (QED) is 0.277. The van der Waals surface area contributed by atoms with Crippen LogP contribution in [-0.4, -0.2) is 18.0 Å². The van der Waals surface area contributed by atoms with E-state index in [0.29, 0.717) is 26.1 Å². The third-order valence-electron chi connectivity index (χ3n) is 5.46. The lowest BCUT2D eigenvalue weighted by Crippen LogP contribution is -2.11. The predicted molar refractivity (Wildman–Crippen MR) is 141 cm³/mol. The number of thiophene rings is 1. The van der Waals surface area contributed by atoms with Gasteiger partial charge in [-0.25, -0.2) is 4.98 Å². The van der Waals surface area contributed by atoms with Gasteiger partial charge in [-0.15, -0.1) is 11.3 Å². The number of benzene rings is 3. The van der Waals surface area contributed by atoms with Crippen LogP contribution in [0.2, 0.25) is 5.02 Å². The van der Waals surface area contributed by atoms with E-state index in [4.69, 9.17) is 27.1 Å². The van der Waals surface area contributed by atoms with E-state index in [2.05, 4.69) is 5.32 Å². The summed E-state index contributed by atoms with van der Waals surface area (Å²) in [5, 5.41) is 4.18. The number of nitrogens with zero attached hydrogens (tertiary/aromatic N) is 1. The molecule has 0 unspecified atom stereocenters. The van der Waals surface area contributed by atoms with Crippen molar-refractivity contribution in [2.45, 2.75) is 0 Å². The maximum Gasteiger partial charge on any atom is 0.267 e. The summed E-state index contributed by atoms with van der Waals surface area (Å²) in [6.07, 6.45) is 0. The molecule has 34 heavy (non-hydrogen) atoms. The summed E-state index contributed by atoms with van der Waals surface area (Å²) in [7, 11) is 1.63. The fourth-order valence-electron chi connectivity index (χ4n) is 3.80. The highest BCUT2D eigenvalue weighted by Gasteiger charge is 2.22. The number of nitrogen functional groups attached to an aromatic ring is 1. The summed E-state index contributed by atoms with van der Waals surface area (Å²) in [4.78, 5) is 19.1. The molecule has 5 aromatic rings. The van der Waals surface area contributed by atoms with Gasteiger partial charge < -0.3 is 15.8 Å². The highest BCUT2D eigenvalue weighted by atomic mass is 35.5. The molecule has 5 nitrogen and oxygen atoms in total. The molecule has 3 N–H and O–H groups in total. The van der Waals surface area contributed by atoms with E-state index in [9.17, 15) is 4.79 Å². The third-order valence-corrected chi connectivity index (χ3v) is 6.79. The van der Waals surface area contributed by atoms with Crippen LogP contribution in [-0.2, 0) is 0 Å². The molecule has 2 heterocycles. The Kier molecular flexibility index (Phi) is 5.92. The van der Waals surface area contributed by atoms with E-state index >= 15 is 0 Å². The lowest BCUT2D eigenvalue weighted by molar-refractivity contribution is 0.103. The van der Waals surface area contributed by atoms with Gasteiger partial charge in [-0.3, -0.25) is 4.79 Å². The number of hydrogen-bond acceptors (Lipinski definition) is 5. The van der Waals surface area contributed by atoms with E-state index < -0.39 is 0 Å². The molecule has 0 saturated carbocycles. The molecule has 0 saturated heterocycles. The Bertz CT molecular complexity index is 1500. The first-order chi connectivity index (χ1) is 16.5. The lowest BCUT2D eigenvalue weighted by Gasteiger charge is -2.10. The molecule has 5 rings (SSSR count). The molecule has 0 atom stereocenters. The normalized spacial score (nSPS) is 10.9. The minimum atomic E-state index is -0.301. The van der Waals surface area contributed by atoms with Crippen molar-refractivity contribution in [2.75, 3.05) is 18.2 Å². The molecule has 3 aromatic carbocycles. The highest BCUT2D eigenvalue weighted by molar-refractivity contribution is 7.21. The number of carbonyl (C=O) groups is 1. The van der Waals surface area contributed by atoms with E-state index in [-0.39, 0.29) is 5.91 Å². The van der Waals surface area contributed by atoms with Crippen LogP contribution in [0.5, 0.6) is 5.75 Å². The number of pyridine rings is 1. The predicted octanol–water partition coefficient (Wildman–Crippen LogP) is 7.13. The van der Waals surface area contributed by atoms with Crippen molar-refractivity contribution in [2.24, 2.45) is 0 Å². The van der Waals surface area contributed by atoms with Crippen molar-refractivity contribution in [3.8, 4) is 28.1 Å². The zero-order valence-electron chi connectivity index (χ0n) is 18.2. The molecule has 0 bridgehead atoms. The number of halogens is 1. The van der Waals surface area contributed by atoms with Crippen LogP contribution in [0.1, 0.15) is 9.67 Å². The molecule has 0 radical (unpaired) electrons. The summed E-state index contributed by atoms with van der Waals surface area (Å²) in [6, 6.07) is 26.7. The topological polar surface area (TPSA) is 77.2 Å². The first-order valence-electron chi connectivity index (χ1n) is 10.5. The minimum Gasteiger partial charge on any atom is -0.497 e. The number of nitrogens with two attached hydrogens (primary N) is 1.